The van der Waals surface area contributed by atoms with Crippen molar-refractivity contribution in [2.45, 2.75) is 13.0 Å². The zero-order valence-electron chi connectivity index (χ0n) is 13.1. The largest absolute Gasteiger partial charge is 0.490 e. The molecule has 21 heavy (non-hydrogen) atoms. The third-order valence-corrected chi connectivity index (χ3v) is 2.94. The maximum absolute atomic E-state index is 5.55. The lowest BCUT2D eigenvalue weighted by Gasteiger charge is -2.11. The molecule has 0 fully saturated rings. The van der Waals surface area contributed by atoms with Crippen molar-refractivity contribution in [1.29, 1.82) is 0 Å². The van der Waals surface area contributed by atoms with Crippen LogP contribution in [-0.2, 0) is 14.2 Å². The van der Waals surface area contributed by atoms with Crippen LogP contribution in [0.3, 0.4) is 0 Å². The highest BCUT2D eigenvalue weighted by Crippen LogP contribution is 2.13. The van der Waals surface area contributed by atoms with Gasteiger partial charge in [-0.3, -0.25) is 4.98 Å². The SMILES string of the molecule is CNC(C)c1ccc(OCCOCCOCCOC)cn1. The zero-order chi connectivity index (χ0) is 15.3. The number of nitrogens with zero attached hydrogens (tertiary/aromatic N) is 1. The van der Waals surface area contributed by atoms with Crippen molar-refractivity contribution in [2.75, 3.05) is 53.8 Å². The molecule has 1 aromatic heterocycles. The van der Waals surface area contributed by atoms with Crippen molar-refractivity contribution in [3.8, 4) is 5.75 Å². The smallest absolute Gasteiger partial charge is 0.137 e. The van der Waals surface area contributed by atoms with Gasteiger partial charge < -0.3 is 24.3 Å². The molecular formula is C15H26N2O4. The van der Waals surface area contributed by atoms with Crippen molar-refractivity contribution in [3.63, 3.8) is 0 Å². The van der Waals surface area contributed by atoms with E-state index < -0.39 is 0 Å². The van der Waals surface area contributed by atoms with Crippen LogP contribution in [0.15, 0.2) is 18.3 Å². The van der Waals surface area contributed by atoms with E-state index in [0.717, 1.165) is 11.4 Å². The fraction of sp³-hybridized carbons (Fsp3) is 0.667. The van der Waals surface area contributed by atoms with Crippen molar-refractivity contribution >= 4 is 0 Å². The second-order valence-corrected chi connectivity index (χ2v) is 4.50. The van der Waals surface area contributed by atoms with Gasteiger partial charge in [0.15, 0.2) is 0 Å². The van der Waals surface area contributed by atoms with Crippen molar-refractivity contribution in [1.82, 2.24) is 10.3 Å². The molecule has 1 rings (SSSR count). The molecule has 6 heteroatoms. The summed E-state index contributed by atoms with van der Waals surface area (Å²) in [5.74, 6) is 0.752. The van der Waals surface area contributed by atoms with Gasteiger partial charge in [0, 0.05) is 13.2 Å². The molecule has 0 bridgehead atoms. The van der Waals surface area contributed by atoms with E-state index >= 15 is 0 Å². The Balaban J connectivity index is 2.05. The average Bonchev–Trinajstić information content (AvgIpc) is 2.53. The third-order valence-electron chi connectivity index (χ3n) is 2.94. The zero-order valence-corrected chi connectivity index (χ0v) is 13.1. The van der Waals surface area contributed by atoms with Gasteiger partial charge in [0.05, 0.1) is 44.9 Å². The molecule has 1 heterocycles. The maximum Gasteiger partial charge on any atom is 0.137 e. The first kappa shape index (κ1) is 17.8. The van der Waals surface area contributed by atoms with E-state index in [0.29, 0.717) is 39.6 Å². The fourth-order valence-electron chi connectivity index (χ4n) is 1.56. The van der Waals surface area contributed by atoms with Gasteiger partial charge in [-0.1, -0.05) is 0 Å². The normalized spacial score (nSPS) is 12.3. The summed E-state index contributed by atoms with van der Waals surface area (Å²) >= 11 is 0. The summed E-state index contributed by atoms with van der Waals surface area (Å²) < 4.78 is 21.1. The van der Waals surface area contributed by atoms with Gasteiger partial charge in [-0.05, 0) is 26.1 Å². The Morgan fingerprint density at radius 2 is 1.71 bits per heavy atom. The first-order valence-corrected chi connectivity index (χ1v) is 7.18. The molecule has 0 radical (unpaired) electrons. The number of ether oxygens (including phenoxy) is 4. The Kier molecular flexibility index (Phi) is 9.73. The minimum Gasteiger partial charge on any atom is -0.490 e. The van der Waals surface area contributed by atoms with Crippen LogP contribution in [-0.4, -0.2) is 58.8 Å². The predicted molar refractivity (Wildman–Crippen MR) is 80.7 cm³/mol. The molecule has 6 nitrogen and oxygen atoms in total. The Labute approximate surface area is 126 Å². The number of pyridine rings is 1. The molecule has 0 amide bonds. The van der Waals surface area contributed by atoms with E-state index in [1.165, 1.54) is 0 Å². The van der Waals surface area contributed by atoms with Crippen LogP contribution < -0.4 is 10.1 Å². The number of nitrogens with one attached hydrogen (secondary N) is 1. The first-order valence-electron chi connectivity index (χ1n) is 7.18. The molecule has 1 atom stereocenters. The summed E-state index contributed by atoms with van der Waals surface area (Å²) in [4.78, 5) is 4.35. The van der Waals surface area contributed by atoms with Gasteiger partial charge in [-0.15, -0.1) is 0 Å². The van der Waals surface area contributed by atoms with E-state index in [1.54, 1.807) is 13.3 Å². The minimum atomic E-state index is 0.237. The fourth-order valence-corrected chi connectivity index (χ4v) is 1.56. The summed E-state index contributed by atoms with van der Waals surface area (Å²) in [6.45, 7) is 5.43. The standard InChI is InChI=1S/C15H26N2O4/c1-13(16-2)15-5-4-14(12-17-15)21-11-10-20-9-8-19-7-6-18-3/h4-5,12-13,16H,6-11H2,1-3H3. The van der Waals surface area contributed by atoms with Gasteiger partial charge in [-0.25, -0.2) is 0 Å². The summed E-state index contributed by atoms with van der Waals surface area (Å²) in [6, 6.07) is 4.12. The molecular weight excluding hydrogens is 272 g/mol. The number of methoxy groups -OCH3 is 1. The van der Waals surface area contributed by atoms with Crippen molar-refractivity contribution in [3.05, 3.63) is 24.0 Å². The van der Waals surface area contributed by atoms with Gasteiger partial charge in [-0.2, -0.15) is 0 Å². The molecule has 0 saturated carbocycles. The van der Waals surface area contributed by atoms with Crippen LogP contribution in [0.4, 0.5) is 0 Å². The number of rotatable bonds is 12. The molecule has 0 spiro atoms. The monoisotopic (exact) mass is 298 g/mol. The molecule has 120 valence electrons. The van der Waals surface area contributed by atoms with E-state index in [9.17, 15) is 0 Å². The average molecular weight is 298 g/mol. The molecule has 1 N–H and O–H groups in total. The Morgan fingerprint density at radius 1 is 1.05 bits per heavy atom. The van der Waals surface area contributed by atoms with Crippen LogP contribution >= 0.6 is 0 Å². The topological polar surface area (TPSA) is 61.8 Å². The molecule has 0 saturated heterocycles. The minimum absolute atomic E-state index is 0.237. The Morgan fingerprint density at radius 3 is 2.29 bits per heavy atom. The second-order valence-electron chi connectivity index (χ2n) is 4.50. The molecule has 0 aliphatic heterocycles. The second kappa shape index (κ2) is 11.4. The van der Waals surface area contributed by atoms with Gasteiger partial charge >= 0.3 is 0 Å². The van der Waals surface area contributed by atoms with Crippen LogP contribution in [0.2, 0.25) is 0 Å². The summed E-state index contributed by atoms with van der Waals surface area (Å²) in [7, 11) is 3.56. The van der Waals surface area contributed by atoms with Crippen LogP contribution in [0.25, 0.3) is 0 Å². The van der Waals surface area contributed by atoms with E-state index in [1.807, 2.05) is 19.2 Å². The molecule has 1 unspecified atom stereocenters. The summed E-state index contributed by atoms with van der Waals surface area (Å²) in [5.41, 5.74) is 0.995. The highest BCUT2D eigenvalue weighted by molar-refractivity contribution is 5.21. The highest BCUT2D eigenvalue weighted by Gasteiger charge is 2.03. The van der Waals surface area contributed by atoms with E-state index in [-0.39, 0.29) is 6.04 Å². The number of aromatic nitrogens is 1. The summed E-state index contributed by atoms with van der Waals surface area (Å²) in [5, 5.41) is 3.14. The lowest BCUT2D eigenvalue weighted by atomic mass is 10.2. The number of hydrogen-bond acceptors (Lipinski definition) is 6. The van der Waals surface area contributed by atoms with E-state index in [4.69, 9.17) is 18.9 Å². The molecule has 0 aromatic carbocycles. The van der Waals surface area contributed by atoms with Crippen LogP contribution in [0.1, 0.15) is 18.7 Å². The van der Waals surface area contributed by atoms with Gasteiger partial charge in [0.25, 0.3) is 0 Å². The quantitative estimate of drug-likeness (QED) is 0.589. The maximum atomic E-state index is 5.55. The lowest BCUT2D eigenvalue weighted by Crippen LogP contribution is -2.14. The van der Waals surface area contributed by atoms with Crippen LogP contribution in [0, 0.1) is 0 Å². The predicted octanol–water partition coefficient (Wildman–Crippen LogP) is 1.42. The van der Waals surface area contributed by atoms with Gasteiger partial charge in [0.1, 0.15) is 12.4 Å². The van der Waals surface area contributed by atoms with Gasteiger partial charge in [0.2, 0.25) is 0 Å². The van der Waals surface area contributed by atoms with Crippen LogP contribution in [0.5, 0.6) is 5.75 Å². The van der Waals surface area contributed by atoms with Crippen molar-refractivity contribution in [2.24, 2.45) is 0 Å². The number of hydrogen-bond donors (Lipinski definition) is 1. The van der Waals surface area contributed by atoms with E-state index in [2.05, 4.69) is 17.2 Å². The molecule has 0 aliphatic carbocycles. The summed E-state index contributed by atoms with van der Waals surface area (Å²) in [6.07, 6.45) is 1.73. The Bertz CT molecular complexity index is 359. The first-order chi connectivity index (χ1) is 10.3. The highest BCUT2D eigenvalue weighted by atomic mass is 16.6. The molecule has 1 aromatic rings. The molecule has 0 aliphatic rings. The Hall–Kier alpha value is -1.21. The lowest BCUT2D eigenvalue weighted by molar-refractivity contribution is 0.0179. The van der Waals surface area contributed by atoms with Crippen molar-refractivity contribution < 1.29 is 18.9 Å². The third kappa shape index (κ3) is 7.96.